The van der Waals surface area contributed by atoms with E-state index in [-0.39, 0.29) is 0 Å². The van der Waals surface area contributed by atoms with Crippen LogP contribution in [0.1, 0.15) is 78.2 Å². The first-order valence-corrected chi connectivity index (χ1v) is 9.25. The van der Waals surface area contributed by atoms with Crippen LogP contribution in [-0.4, -0.2) is 5.11 Å². The van der Waals surface area contributed by atoms with Gasteiger partial charge in [0.1, 0.15) is 5.75 Å². The second kappa shape index (κ2) is 10.7. The largest absolute Gasteiger partial charge is 0.508 e. The van der Waals surface area contributed by atoms with Crippen molar-refractivity contribution in [1.82, 2.24) is 0 Å². The van der Waals surface area contributed by atoms with E-state index in [1.807, 2.05) is 12.1 Å². The maximum atomic E-state index is 9.29. The SMILES string of the molecule is CC(C)CCCC(C)CCCC(C)CCc1ccc(O)cc1. The number of hydrogen-bond acceptors (Lipinski definition) is 1. The Hall–Kier alpha value is -0.980. The van der Waals surface area contributed by atoms with E-state index < -0.39 is 0 Å². The van der Waals surface area contributed by atoms with Gasteiger partial charge in [-0.1, -0.05) is 78.4 Å². The zero-order chi connectivity index (χ0) is 16.4. The Balaban J connectivity index is 2.07. The first kappa shape index (κ1) is 19.1. The predicted octanol–water partition coefficient (Wildman–Crippen LogP) is 6.59. The van der Waals surface area contributed by atoms with Crippen LogP contribution in [0.25, 0.3) is 0 Å². The number of phenolic OH excluding ortho intramolecular Hbond substituents is 1. The Labute approximate surface area is 138 Å². The van der Waals surface area contributed by atoms with Gasteiger partial charge in [-0.15, -0.1) is 0 Å². The van der Waals surface area contributed by atoms with Gasteiger partial charge < -0.3 is 5.11 Å². The highest BCUT2D eigenvalue weighted by Crippen LogP contribution is 2.21. The molecule has 0 saturated heterocycles. The van der Waals surface area contributed by atoms with Crippen LogP contribution >= 0.6 is 0 Å². The predicted molar refractivity (Wildman–Crippen MR) is 97.3 cm³/mol. The summed E-state index contributed by atoms with van der Waals surface area (Å²) in [7, 11) is 0. The molecule has 0 amide bonds. The third kappa shape index (κ3) is 9.12. The first-order valence-electron chi connectivity index (χ1n) is 9.25. The van der Waals surface area contributed by atoms with Crippen LogP contribution in [0.2, 0.25) is 0 Å². The smallest absolute Gasteiger partial charge is 0.115 e. The zero-order valence-corrected chi connectivity index (χ0v) is 15.1. The summed E-state index contributed by atoms with van der Waals surface area (Å²) >= 11 is 0. The third-order valence-corrected chi connectivity index (χ3v) is 4.73. The fourth-order valence-electron chi connectivity index (χ4n) is 3.05. The molecule has 0 aliphatic rings. The molecule has 0 spiro atoms. The lowest BCUT2D eigenvalue weighted by Crippen LogP contribution is -2.01. The summed E-state index contributed by atoms with van der Waals surface area (Å²) in [5.41, 5.74) is 1.34. The van der Waals surface area contributed by atoms with Gasteiger partial charge in [0.2, 0.25) is 0 Å². The lowest BCUT2D eigenvalue weighted by atomic mass is 9.91. The molecule has 126 valence electrons. The molecule has 0 radical (unpaired) electrons. The van der Waals surface area contributed by atoms with Crippen molar-refractivity contribution in [2.24, 2.45) is 17.8 Å². The van der Waals surface area contributed by atoms with E-state index in [2.05, 4.69) is 27.7 Å². The Morgan fingerprint density at radius 3 is 1.77 bits per heavy atom. The summed E-state index contributed by atoms with van der Waals surface area (Å²) in [5.74, 6) is 2.91. The lowest BCUT2D eigenvalue weighted by Gasteiger charge is -2.15. The quantitative estimate of drug-likeness (QED) is 0.488. The van der Waals surface area contributed by atoms with Gasteiger partial charge in [0.05, 0.1) is 0 Å². The van der Waals surface area contributed by atoms with Crippen LogP contribution in [-0.2, 0) is 6.42 Å². The Bertz CT molecular complexity index is 379. The van der Waals surface area contributed by atoms with Gasteiger partial charge in [-0.2, -0.15) is 0 Å². The number of phenols is 1. The molecule has 1 nitrogen and oxygen atoms in total. The fourth-order valence-corrected chi connectivity index (χ4v) is 3.05. The molecule has 22 heavy (non-hydrogen) atoms. The maximum Gasteiger partial charge on any atom is 0.115 e. The van der Waals surface area contributed by atoms with E-state index in [1.165, 1.54) is 50.5 Å². The molecule has 0 aliphatic heterocycles. The minimum atomic E-state index is 0.364. The molecule has 2 atom stereocenters. The van der Waals surface area contributed by atoms with E-state index in [0.717, 1.165) is 24.2 Å². The monoisotopic (exact) mass is 304 g/mol. The molecule has 0 aromatic heterocycles. The van der Waals surface area contributed by atoms with Crippen LogP contribution in [0.15, 0.2) is 24.3 Å². The standard InChI is InChI=1S/C21H36O/c1-17(2)7-5-8-18(3)9-6-10-19(4)11-12-20-13-15-21(22)16-14-20/h13-19,22H,5-12H2,1-4H3. The summed E-state index contributed by atoms with van der Waals surface area (Å²) < 4.78 is 0. The lowest BCUT2D eigenvalue weighted by molar-refractivity contribution is 0.392. The van der Waals surface area contributed by atoms with Gasteiger partial charge in [0.25, 0.3) is 0 Å². The third-order valence-electron chi connectivity index (χ3n) is 4.73. The molecule has 0 fully saturated rings. The van der Waals surface area contributed by atoms with Gasteiger partial charge in [-0.05, 0) is 48.3 Å². The molecule has 1 heteroatoms. The molecule has 0 aliphatic carbocycles. The minimum Gasteiger partial charge on any atom is -0.508 e. The Morgan fingerprint density at radius 1 is 0.727 bits per heavy atom. The van der Waals surface area contributed by atoms with Crippen molar-refractivity contribution < 1.29 is 5.11 Å². The second-order valence-electron chi connectivity index (χ2n) is 7.67. The van der Waals surface area contributed by atoms with Gasteiger partial charge in [-0.3, -0.25) is 0 Å². The molecular formula is C21H36O. The zero-order valence-electron chi connectivity index (χ0n) is 15.1. The molecular weight excluding hydrogens is 268 g/mol. The number of rotatable bonds is 11. The highest BCUT2D eigenvalue weighted by molar-refractivity contribution is 5.25. The van der Waals surface area contributed by atoms with Crippen LogP contribution in [0.4, 0.5) is 0 Å². The van der Waals surface area contributed by atoms with E-state index in [4.69, 9.17) is 0 Å². The summed E-state index contributed by atoms with van der Waals surface area (Å²) in [6.45, 7) is 9.44. The van der Waals surface area contributed by atoms with Crippen molar-refractivity contribution in [3.05, 3.63) is 29.8 Å². The first-order chi connectivity index (χ1) is 10.5. The molecule has 1 aromatic rings. The normalized spacial score (nSPS) is 14.2. The molecule has 2 unspecified atom stereocenters. The van der Waals surface area contributed by atoms with Crippen LogP contribution in [0, 0.1) is 17.8 Å². The number of aromatic hydroxyl groups is 1. The van der Waals surface area contributed by atoms with Crippen LogP contribution in [0.5, 0.6) is 5.75 Å². The van der Waals surface area contributed by atoms with Crippen molar-refractivity contribution in [3.8, 4) is 5.75 Å². The maximum absolute atomic E-state index is 9.29. The Morgan fingerprint density at radius 2 is 1.23 bits per heavy atom. The van der Waals surface area contributed by atoms with Gasteiger partial charge in [0.15, 0.2) is 0 Å². The second-order valence-corrected chi connectivity index (χ2v) is 7.67. The Kier molecular flexibility index (Phi) is 9.27. The molecule has 0 bridgehead atoms. The van der Waals surface area contributed by atoms with Crippen LogP contribution < -0.4 is 0 Å². The van der Waals surface area contributed by atoms with Crippen molar-refractivity contribution in [3.63, 3.8) is 0 Å². The highest BCUT2D eigenvalue weighted by atomic mass is 16.3. The van der Waals surface area contributed by atoms with E-state index >= 15 is 0 Å². The fraction of sp³-hybridized carbons (Fsp3) is 0.714. The average Bonchev–Trinajstić information content (AvgIpc) is 2.46. The number of benzene rings is 1. The van der Waals surface area contributed by atoms with Crippen molar-refractivity contribution in [1.29, 1.82) is 0 Å². The van der Waals surface area contributed by atoms with E-state index in [9.17, 15) is 5.11 Å². The highest BCUT2D eigenvalue weighted by Gasteiger charge is 2.07. The molecule has 1 aromatic carbocycles. The van der Waals surface area contributed by atoms with E-state index in [0.29, 0.717) is 5.75 Å². The van der Waals surface area contributed by atoms with E-state index in [1.54, 1.807) is 12.1 Å². The molecule has 0 saturated carbocycles. The van der Waals surface area contributed by atoms with Crippen molar-refractivity contribution >= 4 is 0 Å². The van der Waals surface area contributed by atoms with Gasteiger partial charge in [0, 0.05) is 0 Å². The number of hydrogen-bond donors (Lipinski definition) is 1. The van der Waals surface area contributed by atoms with Crippen molar-refractivity contribution in [2.45, 2.75) is 79.1 Å². The summed E-state index contributed by atoms with van der Waals surface area (Å²) in [6, 6.07) is 7.66. The minimum absolute atomic E-state index is 0.364. The summed E-state index contributed by atoms with van der Waals surface area (Å²) in [6.07, 6.45) is 10.7. The molecule has 1 N–H and O–H groups in total. The molecule has 0 heterocycles. The summed E-state index contributed by atoms with van der Waals surface area (Å²) in [5, 5.41) is 9.29. The topological polar surface area (TPSA) is 20.2 Å². The summed E-state index contributed by atoms with van der Waals surface area (Å²) in [4.78, 5) is 0. The number of aryl methyl sites for hydroxylation is 1. The van der Waals surface area contributed by atoms with Gasteiger partial charge in [-0.25, -0.2) is 0 Å². The molecule has 1 rings (SSSR count). The van der Waals surface area contributed by atoms with Crippen molar-refractivity contribution in [2.75, 3.05) is 0 Å². The van der Waals surface area contributed by atoms with Crippen LogP contribution in [0.3, 0.4) is 0 Å². The average molecular weight is 305 g/mol. The van der Waals surface area contributed by atoms with Gasteiger partial charge >= 0.3 is 0 Å².